The van der Waals surface area contributed by atoms with Gasteiger partial charge in [-0.1, -0.05) is 11.8 Å². The first-order valence-electron chi connectivity index (χ1n) is 7.08. The zero-order valence-corrected chi connectivity index (χ0v) is 12.2. The Kier molecular flexibility index (Phi) is 5.32. The van der Waals surface area contributed by atoms with Crippen molar-refractivity contribution in [3.8, 4) is 11.8 Å². The number of likely N-dealkylation sites (N-methyl/N-ethyl adjacent to an activating group) is 1. The summed E-state index contributed by atoms with van der Waals surface area (Å²) in [6.07, 6.45) is 2.46. The molecule has 1 amide bonds. The number of nitrogens with one attached hydrogen (secondary N) is 1. The van der Waals surface area contributed by atoms with Gasteiger partial charge in [-0.2, -0.15) is 0 Å². The van der Waals surface area contributed by atoms with Crippen LogP contribution in [0.5, 0.6) is 0 Å². The molecule has 1 aliphatic rings. The van der Waals surface area contributed by atoms with Crippen LogP contribution in [0, 0.1) is 17.7 Å². The molecule has 1 aliphatic carbocycles. The molecule has 0 heterocycles. The molecule has 0 spiro atoms. The highest BCUT2D eigenvalue weighted by molar-refractivity contribution is 5.96. The largest absolute Gasteiger partial charge is 0.351 e. The highest BCUT2D eigenvalue weighted by atomic mass is 19.1. The summed E-state index contributed by atoms with van der Waals surface area (Å²) in [5, 5.41) is 2.81. The number of amides is 1. The molecule has 1 saturated carbocycles. The summed E-state index contributed by atoms with van der Waals surface area (Å²) in [6.45, 7) is 1.52. The number of hydrogen-bond donors (Lipinski definition) is 2. The van der Waals surface area contributed by atoms with Crippen molar-refractivity contribution in [2.24, 2.45) is 5.73 Å². The van der Waals surface area contributed by atoms with Gasteiger partial charge in [-0.15, -0.1) is 0 Å². The molecule has 4 nitrogen and oxygen atoms in total. The molecule has 0 saturated heterocycles. The van der Waals surface area contributed by atoms with Gasteiger partial charge in [-0.3, -0.25) is 4.79 Å². The van der Waals surface area contributed by atoms with E-state index in [4.69, 9.17) is 5.73 Å². The molecule has 0 unspecified atom stereocenters. The molecule has 1 aromatic rings. The highest BCUT2D eigenvalue weighted by Crippen LogP contribution is 2.24. The van der Waals surface area contributed by atoms with E-state index in [9.17, 15) is 9.18 Å². The molecule has 0 aromatic heterocycles. The van der Waals surface area contributed by atoms with Crippen LogP contribution >= 0.6 is 0 Å². The molecule has 112 valence electrons. The Bertz CT molecular complexity index is 573. The maximum absolute atomic E-state index is 13.3. The molecular weight excluding hydrogens is 269 g/mol. The van der Waals surface area contributed by atoms with Gasteiger partial charge in [0.25, 0.3) is 5.91 Å². The van der Waals surface area contributed by atoms with Gasteiger partial charge >= 0.3 is 0 Å². The van der Waals surface area contributed by atoms with E-state index in [1.54, 1.807) is 0 Å². The van der Waals surface area contributed by atoms with E-state index in [1.165, 1.54) is 31.0 Å². The smallest absolute Gasteiger partial charge is 0.252 e. The minimum absolute atomic E-state index is 0.199. The van der Waals surface area contributed by atoms with Gasteiger partial charge < -0.3 is 16.0 Å². The average Bonchev–Trinajstić information content (AvgIpc) is 3.30. The quantitative estimate of drug-likeness (QED) is 0.794. The number of benzene rings is 1. The summed E-state index contributed by atoms with van der Waals surface area (Å²) < 4.78 is 13.3. The summed E-state index contributed by atoms with van der Waals surface area (Å²) in [5.74, 6) is 4.72. The third kappa shape index (κ3) is 4.55. The van der Waals surface area contributed by atoms with Gasteiger partial charge in [-0.05, 0) is 38.1 Å². The third-order valence-electron chi connectivity index (χ3n) is 3.47. The standard InChI is InChI=1S/C16H20FN3O/c1-20(14-6-7-14)10-9-19-16(21)15-11-13(17)5-4-12(15)3-2-8-18/h4-5,11,14H,6-10,18H2,1H3,(H,19,21). The first kappa shape index (κ1) is 15.5. The highest BCUT2D eigenvalue weighted by Gasteiger charge is 2.25. The molecule has 0 bridgehead atoms. The molecule has 1 fully saturated rings. The van der Waals surface area contributed by atoms with Crippen LogP contribution in [-0.4, -0.2) is 43.5 Å². The number of carbonyl (C=O) groups is 1. The predicted molar refractivity (Wildman–Crippen MR) is 80.3 cm³/mol. The van der Waals surface area contributed by atoms with Crippen LogP contribution in [0.4, 0.5) is 4.39 Å². The van der Waals surface area contributed by atoms with Crippen LogP contribution in [0.2, 0.25) is 0 Å². The van der Waals surface area contributed by atoms with Crippen molar-refractivity contribution in [1.82, 2.24) is 10.2 Å². The zero-order valence-electron chi connectivity index (χ0n) is 12.2. The summed E-state index contributed by atoms with van der Waals surface area (Å²) in [7, 11) is 2.05. The molecule has 3 N–H and O–H groups in total. The fourth-order valence-corrected chi connectivity index (χ4v) is 2.10. The van der Waals surface area contributed by atoms with E-state index in [2.05, 4.69) is 22.1 Å². The number of rotatable bonds is 5. The second-order valence-electron chi connectivity index (χ2n) is 5.16. The second-order valence-corrected chi connectivity index (χ2v) is 5.16. The van der Waals surface area contributed by atoms with E-state index in [0.717, 1.165) is 6.54 Å². The minimum atomic E-state index is -0.450. The topological polar surface area (TPSA) is 58.4 Å². The van der Waals surface area contributed by atoms with Gasteiger partial charge in [0.15, 0.2) is 0 Å². The first-order valence-corrected chi connectivity index (χ1v) is 7.08. The Hall–Kier alpha value is -1.90. The van der Waals surface area contributed by atoms with E-state index in [0.29, 0.717) is 18.2 Å². The number of nitrogens with zero attached hydrogens (tertiary/aromatic N) is 1. The van der Waals surface area contributed by atoms with Crippen LogP contribution < -0.4 is 11.1 Å². The van der Waals surface area contributed by atoms with E-state index < -0.39 is 5.82 Å². The van der Waals surface area contributed by atoms with Crippen LogP contribution in [0.1, 0.15) is 28.8 Å². The number of halogens is 1. The number of nitrogens with two attached hydrogens (primary N) is 1. The number of hydrogen-bond acceptors (Lipinski definition) is 3. The van der Waals surface area contributed by atoms with E-state index >= 15 is 0 Å². The average molecular weight is 289 g/mol. The Morgan fingerprint density at radius 3 is 2.95 bits per heavy atom. The third-order valence-corrected chi connectivity index (χ3v) is 3.47. The zero-order chi connectivity index (χ0) is 15.2. The minimum Gasteiger partial charge on any atom is -0.351 e. The monoisotopic (exact) mass is 289 g/mol. The fraction of sp³-hybridized carbons (Fsp3) is 0.438. The second kappa shape index (κ2) is 7.21. The Morgan fingerprint density at radius 1 is 1.52 bits per heavy atom. The summed E-state index contributed by atoms with van der Waals surface area (Å²) in [6, 6.07) is 4.66. The maximum atomic E-state index is 13.3. The van der Waals surface area contributed by atoms with Crippen molar-refractivity contribution in [3.05, 3.63) is 35.1 Å². The van der Waals surface area contributed by atoms with Gasteiger partial charge in [0.2, 0.25) is 0 Å². The van der Waals surface area contributed by atoms with Crippen molar-refractivity contribution in [1.29, 1.82) is 0 Å². The lowest BCUT2D eigenvalue weighted by atomic mass is 10.1. The summed E-state index contributed by atoms with van der Waals surface area (Å²) >= 11 is 0. The molecular formula is C16H20FN3O. The van der Waals surface area contributed by atoms with Gasteiger partial charge in [0.1, 0.15) is 5.82 Å². The molecule has 2 rings (SSSR count). The van der Waals surface area contributed by atoms with Crippen molar-refractivity contribution in [2.45, 2.75) is 18.9 Å². The van der Waals surface area contributed by atoms with Crippen LogP contribution in [0.15, 0.2) is 18.2 Å². The lowest BCUT2D eigenvalue weighted by Gasteiger charge is -2.16. The van der Waals surface area contributed by atoms with Gasteiger partial charge in [0, 0.05) is 24.7 Å². The van der Waals surface area contributed by atoms with Crippen LogP contribution in [-0.2, 0) is 0 Å². The Balaban J connectivity index is 1.98. The molecule has 1 aromatic carbocycles. The van der Waals surface area contributed by atoms with Crippen LogP contribution in [0.3, 0.4) is 0 Å². The molecule has 5 heteroatoms. The SMILES string of the molecule is CN(CCNC(=O)c1cc(F)ccc1C#CCN)C1CC1. The van der Waals surface area contributed by atoms with Crippen molar-refractivity contribution >= 4 is 5.91 Å². The molecule has 0 atom stereocenters. The Labute approximate surface area is 124 Å². The van der Waals surface area contributed by atoms with Gasteiger partial charge in [0.05, 0.1) is 12.1 Å². The van der Waals surface area contributed by atoms with Crippen molar-refractivity contribution in [3.63, 3.8) is 0 Å². The van der Waals surface area contributed by atoms with E-state index in [-0.39, 0.29) is 18.0 Å². The molecule has 0 radical (unpaired) electrons. The first-order chi connectivity index (χ1) is 10.1. The maximum Gasteiger partial charge on any atom is 0.252 e. The summed E-state index contributed by atoms with van der Waals surface area (Å²) in [4.78, 5) is 14.4. The van der Waals surface area contributed by atoms with Gasteiger partial charge in [-0.25, -0.2) is 4.39 Å². The van der Waals surface area contributed by atoms with Crippen molar-refractivity contribution in [2.75, 3.05) is 26.7 Å². The predicted octanol–water partition coefficient (Wildman–Crippen LogP) is 0.960. The van der Waals surface area contributed by atoms with E-state index in [1.807, 2.05) is 7.05 Å². The number of carbonyl (C=O) groups excluding carboxylic acids is 1. The fourth-order valence-electron chi connectivity index (χ4n) is 2.10. The lowest BCUT2D eigenvalue weighted by Crippen LogP contribution is -2.34. The normalized spacial score (nSPS) is 13.7. The Morgan fingerprint density at radius 2 is 2.29 bits per heavy atom. The summed E-state index contributed by atoms with van der Waals surface area (Å²) in [5.41, 5.74) is 6.08. The van der Waals surface area contributed by atoms with Crippen LogP contribution in [0.25, 0.3) is 0 Å². The molecule has 0 aliphatic heterocycles. The van der Waals surface area contributed by atoms with Crippen molar-refractivity contribution < 1.29 is 9.18 Å². The lowest BCUT2D eigenvalue weighted by molar-refractivity contribution is 0.0949. The molecule has 21 heavy (non-hydrogen) atoms.